The van der Waals surface area contributed by atoms with Crippen molar-refractivity contribution in [1.82, 2.24) is 0 Å². The van der Waals surface area contributed by atoms with Crippen LogP contribution in [0.3, 0.4) is 0 Å². The molecule has 1 saturated carbocycles. The summed E-state index contributed by atoms with van der Waals surface area (Å²) in [5.74, 6) is 1.44. The number of aliphatic hydroxyl groups is 1. The monoisotopic (exact) mass is 240 g/mol. The van der Waals surface area contributed by atoms with E-state index in [1.54, 1.807) is 0 Å². The molecule has 0 aromatic carbocycles. The van der Waals surface area contributed by atoms with E-state index < -0.39 is 0 Å². The summed E-state index contributed by atoms with van der Waals surface area (Å²) in [4.78, 5) is 0. The van der Waals surface area contributed by atoms with Crippen molar-refractivity contribution in [2.75, 3.05) is 0 Å². The van der Waals surface area contributed by atoms with E-state index >= 15 is 0 Å². The van der Waals surface area contributed by atoms with E-state index in [2.05, 4.69) is 34.6 Å². The summed E-state index contributed by atoms with van der Waals surface area (Å²) in [5.41, 5.74) is 0.0387. The average molecular weight is 240 g/mol. The lowest BCUT2D eigenvalue weighted by Gasteiger charge is -2.32. The van der Waals surface area contributed by atoms with Crippen LogP contribution in [0.1, 0.15) is 79.6 Å². The lowest BCUT2D eigenvalue weighted by Crippen LogP contribution is -2.30. The maximum atomic E-state index is 10.7. The van der Waals surface area contributed by atoms with E-state index in [9.17, 15) is 5.11 Å². The second-order valence-corrected chi connectivity index (χ2v) is 7.44. The molecule has 3 atom stereocenters. The SMILES string of the molecule is CCC(C)CC1(O)CCCC(C(C)(C)C)CC1. The molecule has 0 amide bonds. The van der Waals surface area contributed by atoms with E-state index in [0.717, 1.165) is 25.2 Å². The zero-order valence-corrected chi connectivity index (χ0v) is 12.6. The highest BCUT2D eigenvalue weighted by Gasteiger charge is 2.35. The van der Waals surface area contributed by atoms with Crippen LogP contribution in [0.5, 0.6) is 0 Å². The molecular weight excluding hydrogens is 208 g/mol. The first-order valence-corrected chi connectivity index (χ1v) is 7.49. The molecule has 1 rings (SSSR count). The van der Waals surface area contributed by atoms with Crippen LogP contribution in [-0.4, -0.2) is 10.7 Å². The maximum Gasteiger partial charge on any atom is 0.0650 e. The summed E-state index contributed by atoms with van der Waals surface area (Å²) in [6, 6.07) is 0. The molecule has 0 saturated heterocycles. The second-order valence-electron chi connectivity index (χ2n) is 7.44. The van der Waals surface area contributed by atoms with Crippen LogP contribution < -0.4 is 0 Å². The van der Waals surface area contributed by atoms with Crippen molar-refractivity contribution in [3.8, 4) is 0 Å². The van der Waals surface area contributed by atoms with Gasteiger partial charge in [0.1, 0.15) is 0 Å². The summed E-state index contributed by atoms with van der Waals surface area (Å²) < 4.78 is 0. The molecule has 1 aliphatic carbocycles. The molecule has 1 aliphatic rings. The molecule has 0 bridgehead atoms. The van der Waals surface area contributed by atoms with Crippen molar-refractivity contribution in [2.45, 2.75) is 85.2 Å². The van der Waals surface area contributed by atoms with Gasteiger partial charge < -0.3 is 5.11 Å². The molecule has 1 N–H and O–H groups in total. The van der Waals surface area contributed by atoms with Crippen LogP contribution in [0, 0.1) is 17.3 Å². The minimum Gasteiger partial charge on any atom is -0.390 e. The minimum atomic E-state index is -0.366. The molecule has 0 aromatic heterocycles. The molecule has 0 aromatic rings. The van der Waals surface area contributed by atoms with Crippen molar-refractivity contribution in [3.63, 3.8) is 0 Å². The Morgan fingerprint density at radius 3 is 2.41 bits per heavy atom. The highest BCUT2D eigenvalue weighted by atomic mass is 16.3. The van der Waals surface area contributed by atoms with E-state index in [-0.39, 0.29) is 5.60 Å². The fraction of sp³-hybridized carbons (Fsp3) is 1.00. The van der Waals surface area contributed by atoms with Crippen molar-refractivity contribution >= 4 is 0 Å². The third kappa shape index (κ3) is 4.62. The summed E-state index contributed by atoms with van der Waals surface area (Å²) in [7, 11) is 0. The molecule has 17 heavy (non-hydrogen) atoms. The van der Waals surface area contributed by atoms with Gasteiger partial charge in [0.25, 0.3) is 0 Å². The van der Waals surface area contributed by atoms with E-state index in [1.165, 1.54) is 25.7 Å². The zero-order chi connectivity index (χ0) is 13.1. The van der Waals surface area contributed by atoms with Crippen LogP contribution in [-0.2, 0) is 0 Å². The van der Waals surface area contributed by atoms with Gasteiger partial charge in [0.05, 0.1) is 5.60 Å². The van der Waals surface area contributed by atoms with Gasteiger partial charge in [0.15, 0.2) is 0 Å². The number of rotatable bonds is 3. The summed E-state index contributed by atoms with van der Waals surface area (Å²) in [6.07, 6.45) is 7.92. The van der Waals surface area contributed by atoms with Gasteiger partial charge in [-0.15, -0.1) is 0 Å². The van der Waals surface area contributed by atoms with E-state index in [1.807, 2.05) is 0 Å². The number of hydrogen-bond donors (Lipinski definition) is 1. The van der Waals surface area contributed by atoms with Gasteiger partial charge in [0, 0.05) is 0 Å². The van der Waals surface area contributed by atoms with Gasteiger partial charge in [-0.25, -0.2) is 0 Å². The van der Waals surface area contributed by atoms with Crippen LogP contribution in [0.15, 0.2) is 0 Å². The molecule has 1 heteroatoms. The normalized spacial score (nSPS) is 33.2. The van der Waals surface area contributed by atoms with Gasteiger partial charge in [-0.1, -0.05) is 47.5 Å². The standard InChI is InChI=1S/C16H32O/c1-6-13(2)12-16(17)10-7-8-14(9-11-16)15(3,4)5/h13-14,17H,6-12H2,1-5H3. The largest absolute Gasteiger partial charge is 0.390 e. The first-order chi connectivity index (χ1) is 7.77. The zero-order valence-electron chi connectivity index (χ0n) is 12.6. The van der Waals surface area contributed by atoms with Gasteiger partial charge in [0.2, 0.25) is 0 Å². The van der Waals surface area contributed by atoms with Gasteiger partial charge in [-0.2, -0.15) is 0 Å². The van der Waals surface area contributed by atoms with Gasteiger partial charge in [-0.3, -0.25) is 0 Å². The fourth-order valence-corrected chi connectivity index (χ4v) is 3.25. The summed E-state index contributed by atoms with van der Waals surface area (Å²) in [5, 5.41) is 10.7. The van der Waals surface area contributed by atoms with E-state index in [4.69, 9.17) is 0 Å². The third-order valence-corrected chi connectivity index (χ3v) is 4.80. The lowest BCUT2D eigenvalue weighted by molar-refractivity contribution is 0.000560. The Morgan fingerprint density at radius 1 is 1.24 bits per heavy atom. The van der Waals surface area contributed by atoms with Crippen LogP contribution in [0.4, 0.5) is 0 Å². The molecule has 0 radical (unpaired) electrons. The summed E-state index contributed by atoms with van der Waals surface area (Å²) >= 11 is 0. The highest BCUT2D eigenvalue weighted by Crippen LogP contribution is 2.41. The van der Waals surface area contributed by atoms with Crippen LogP contribution >= 0.6 is 0 Å². The van der Waals surface area contributed by atoms with Gasteiger partial charge in [-0.05, 0) is 49.4 Å². The Morgan fingerprint density at radius 2 is 1.88 bits per heavy atom. The Labute approximate surface area is 108 Å². The second kappa shape index (κ2) is 5.73. The molecule has 0 spiro atoms. The first kappa shape index (κ1) is 15.0. The van der Waals surface area contributed by atoms with Crippen LogP contribution in [0.25, 0.3) is 0 Å². The summed E-state index contributed by atoms with van der Waals surface area (Å²) in [6.45, 7) is 11.5. The van der Waals surface area contributed by atoms with Crippen molar-refractivity contribution in [3.05, 3.63) is 0 Å². The van der Waals surface area contributed by atoms with Crippen molar-refractivity contribution in [2.24, 2.45) is 17.3 Å². The Balaban J connectivity index is 2.57. The smallest absolute Gasteiger partial charge is 0.0650 e. The molecule has 3 unspecified atom stereocenters. The van der Waals surface area contributed by atoms with Crippen molar-refractivity contribution in [1.29, 1.82) is 0 Å². The first-order valence-electron chi connectivity index (χ1n) is 7.49. The maximum absolute atomic E-state index is 10.7. The molecular formula is C16H32O. The Bertz CT molecular complexity index is 228. The molecule has 1 fully saturated rings. The van der Waals surface area contributed by atoms with E-state index in [0.29, 0.717) is 11.3 Å². The predicted octanol–water partition coefficient (Wildman–Crippen LogP) is 4.78. The quantitative estimate of drug-likeness (QED) is 0.704. The number of hydrogen-bond acceptors (Lipinski definition) is 1. The molecule has 102 valence electrons. The predicted molar refractivity (Wildman–Crippen MR) is 75.1 cm³/mol. The topological polar surface area (TPSA) is 20.2 Å². The highest BCUT2D eigenvalue weighted by molar-refractivity contribution is 4.87. The lowest BCUT2D eigenvalue weighted by atomic mass is 9.76. The Kier molecular flexibility index (Phi) is 5.07. The molecule has 1 nitrogen and oxygen atoms in total. The molecule has 0 heterocycles. The van der Waals surface area contributed by atoms with Crippen molar-refractivity contribution < 1.29 is 5.11 Å². The minimum absolute atomic E-state index is 0.366. The van der Waals surface area contributed by atoms with Gasteiger partial charge >= 0.3 is 0 Å². The van der Waals surface area contributed by atoms with Crippen LogP contribution in [0.2, 0.25) is 0 Å². The fourth-order valence-electron chi connectivity index (χ4n) is 3.25. The molecule has 0 aliphatic heterocycles. The third-order valence-electron chi connectivity index (χ3n) is 4.80. The average Bonchev–Trinajstić information content (AvgIpc) is 2.39. The Hall–Kier alpha value is -0.0400.